The minimum Gasteiger partial charge on any atom is -0.370 e. The number of thiophene rings is 1. The van der Waals surface area contributed by atoms with E-state index in [1.54, 1.807) is 11.3 Å². The predicted molar refractivity (Wildman–Crippen MR) is 70.9 cm³/mol. The maximum Gasteiger partial charge on any atom is 0.201 e. The molecule has 0 bridgehead atoms. The minimum absolute atomic E-state index is 0.116. The summed E-state index contributed by atoms with van der Waals surface area (Å²) in [5, 5.41) is 0. The number of hydrogen-bond donors (Lipinski definition) is 0. The number of carbonyl (C=O) groups excluding carboxylic acids is 1. The third-order valence-corrected chi connectivity index (χ3v) is 4.76. The lowest BCUT2D eigenvalue weighted by molar-refractivity contribution is 0.0583. The van der Waals surface area contributed by atoms with Gasteiger partial charge in [-0.1, -0.05) is 27.7 Å². The Kier molecular flexibility index (Phi) is 3.41. The van der Waals surface area contributed by atoms with Gasteiger partial charge in [-0.05, 0) is 29.9 Å². The molecule has 2 heterocycles. The Balaban J connectivity index is 2.18. The highest BCUT2D eigenvalue weighted by Gasteiger charge is 2.32. The summed E-state index contributed by atoms with van der Waals surface area (Å²) in [6, 6.07) is 4.01. The van der Waals surface area contributed by atoms with E-state index in [2.05, 4.69) is 33.8 Å². The van der Waals surface area contributed by atoms with Gasteiger partial charge in [0.15, 0.2) is 0 Å². The van der Waals surface area contributed by atoms with Crippen LogP contribution in [0.25, 0.3) is 0 Å². The topological polar surface area (TPSA) is 26.3 Å². The molecule has 2 unspecified atom stereocenters. The SMILES string of the molecule is CC1CCOC1C(=O)c1ccc(C(C)(C)C)s1. The fourth-order valence-electron chi connectivity index (χ4n) is 2.04. The molecule has 1 aliphatic rings. The van der Waals surface area contributed by atoms with Crippen molar-refractivity contribution >= 4 is 17.1 Å². The first-order valence-electron chi connectivity index (χ1n) is 6.16. The van der Waals surface area contributed by atoms with Crippen molar-refractivity contribution in [1.82, 2.24) is 0 Å². The zero-order valence-electron chi connectivity index (χ0n) is 10.9. The smallest absolute Gasteiger partial charge is 0.201 e. The summed E-state index contributed by atoms with van der Waals surface area (Å²) in [6.07, 6.45) is 0.773. The number of ether oxygens (including phenoxy) is 1. The highest BCUT2D eigenvalue weighted by Crippen LogP contribution is 2.32. The lowest BCUT2D eigenvalue weighted by Crippen LogP contribution is -2.24. The van der Waals surface area contributed by atoms with E-state index in [0.29, 0.717) is 5.92 Å². The maximum absolute atomic E-state index is 12.3. The van der Waals surface area contributed by atoms with Gasteiger partial charge in [0.05, 0.1) is 4.88 Å². The van der Waals surface area contributed by atoms with Crippen LogP contribution in [0, 0.1) is 5.92 Å². The van der Waals surface area contributed by atoms with E-state index in [9.17, 15) is 4.79 Å². The molecule has 2 nitrogen and oxygen atoms in total. The maximum atomic E-state index is 12.3. The van der Waals surface area contributed by atoms with Crippen LogP contribution in [0.15, 0.2) is 12.1 Å². The summed E-state index contributed by atoms with van der Waals surface area (Å²) < 4.78 is 5.53. The Hall–Kier alpha value is -0.670. The number of carbonyl (C=O) groups is 1. The molecule has 2 atom stereocenters. The molecule has 2 rings (SSSR count). The van der Waals surface area contributed by atoms with Crippen molar-refractivity contribution in [3.8, 4) is 0 Å². The lowest BCUT2D eigenvalue weighted by atomic mass is 9.95. The first-order chi connectivity index (χ1) is 7.89. The van der Waals surface area contributed by atoms with Crippen LogP contribution >= 0.6 is 11.3 Å². The van der Waals surface area contributed by atoms with Gasteiger partial charge in [0.1, 0.15) is 6.10 Å². The van der Waals surface area contributed by atoms with Crippen LogP contribution in [0.3, 0.4) is 0 Å². The summed E-state index contributed by atoms with van der Waals surface area (Å²) in [5.41, 5.74) is 0.116. The molecule has 0 aromatic carbocycles. The van der Waals surface area contributed by atoms with Crippen LogP contribution in [0.2, 0.25) is 0 Å². The lowest BCUT2D eigenvalue weighted by Gasteiger charge is -2.15. The van der Waals surface area contributed by atoms with E-state index in [-0.39, 0.29) is 17.3 Å². The largest absolute Gasteiger partial charge is 0.370 e. The average molecular weight is 252 g/mol. The van der Waals surface area contributed by atoms with Crippen molar-refractivity contribution in [1.29, 1.82) is 0 Å². The Morgan fingerprint density at radius 1 is 1.41 bits per heavy atom. The summed E-state index contributed by atoms with van der Waals surface area (Å²) in [5.74, 6) is 0.512. The quantitative estimate of drug-likeness (QED) is 0.751. The number of rotatable bonds is 2. The molecule has 0 N–H and O–H groups in total. The fraction of sp³-hybridized carbons (Fsp3) is 0.643. The number of Topliss-reactive ketones (excluding diaryl/α,β-unsaturated/α-hetero) is 1. The average Bonchev–Trinajstić information content (AvgIpc) is 2.83. The van der Waals surface area contributed by atoms with Crippen molar-refractivity contribution in [2.45, 2.75) is 45.6 Å². The standard InChI is InChI=1S/C14H20O2S/c1-9-7-8-16-13(9)12(15)10-5-6-11(17-10)14(2,3)4/h5-6,9,13H,7-8H2,1-4H3. The van der Waals surface area contributed by atoms with Crippen molar-refractivity contribution < 1.29 is 9.53 Å². The van der Waals surface area contributed by atoms with Gasteiger partial charge in [0.25, 0.3) is 0 Å². The monoisotopic (exact) mass is 252 g/mol. The first kappa shape index (κ1) is 12.8. The van der Waals surface area contributed by atoms with Gasteiger partial charge in [-0.25, -0.2) is 0 Å². The number of hydrogen-bond acceptors (Lipinski definition) is 3. The Morgan fingerprint density at radius 3 is 2.59 bits per heavy atom. The zero-order chi connectivity index (χ0) is 12.6. The van der Waals surface area contributed by atoms with Crippen molar-refractivity contribution in [3.63, 3.8) is 0 Å². The van der Waals surface area contributed by atoms with E-state index >= 15 is 0 Å². The van der Waals surface area contributed by atoms with E-state index in [1.807, 2.05) is 6.07 Å². The summed E-state index contributed by atoms with van der Waals surface area (Å²) in [7, 11) is 0. The Bertz CT molecular complexity index is 414. The van der Waals surface area contributed by atoms with Crippen LogP contribution in [0.5, 0.6) is 0 Å². The third kappa shape index (κ3) is 2.61. The minimum atomic E-state index is -0.221. The molecule has 0 amide bonds. The van der Waals surface area contributed by atoms with Crippen LogP contribution in [-0.4, -0.2) is 18.5 Å². The van der Waals surface area contributed by atoms with Gasteiger partial charge in [0.2, 0.25) is 5.78 Å². The molecule has 1 aromatic rings. The molecule has 0 aliphatic carbocycles. The van der Waals surface area contributed by atoms with Crippen LogP contribution in [0.1, 0.15) is 48.7 Å². The van der Waals surface area contributed by atoms with Gasteiger partial charge < -0.3 is 4.74 Å². The molecule has 0 radical (unpaired) electrons. The van der Waals surface area contributed by atoms with Gasteiger partial charge in [-0.2, -0.15) is 0 Å². The molecule has 1 aromatic heterocycles. The van der Waals surface area contributed by atoms with E-state index in [4.69, 9.17) is 4.74 Å². The molecule has 1 aliphatic heterocycles. The summed E-state index contributed by atoms with van der Waals surface area (Å²) >= 11 is 1.61. The molecule has 1 saturated heterocycles. The van der Waals surface area contributed by atoms with E-state index < -0.39 is 0 Å². The second-order valence-electron chi connectivity index (χ2n) is 5.84. The predicted octanol–water partition coefficient (Wildman–Crippen LogP) is 3.65. The second-order valence-corrected chi connectivity index (χ2v) is 6.92. The van der Waals surface area contributed by atoms with Gasteiger partial charge in [-0.3, -0.25) is 4.79 Å². The first-order valence-corrected chi connectivity index (χ1v) is 6.97. The Morgan fingerprint density at radius 2 is 2.12 bits per heavy atom. The second kappa shape index (κ2) is 4.54. The number of ketones is 1. The fourth-order valence-corrected chi connectivity index (χ4v) is 3.08. The van der Waals surface area contributed by atoms with Crippen LogP contribution in [0.4, 0.5) is 0 Å². The third-order valence-electron chi connectivity index (χ3n) is 3.23. The molecule has 0 spiro atoms. The van der Waals surface area contributed by atoms with Gasteiger partial charge >= 0.3 is 0 Å². The molecule has 3 heteroatoms. The van der Waals surface area contributed by atoms with Crippen LogP contribution < -0.4 is 0 Å². The van der Waals surface area contributed by atoms with Crippen molar-refractivity contribution in [2.75, 3.05) is 6.61 Å². The van der Waals surface area contributed by atoms with E-state index in [0.717, 1.165) is 17.9 Å². The summed E-state index contributed by atoms with van der Waals surface area (Å²) in [6.45, 7) is 9.31. The molecule has 94 valence electrons. The van der Waals surface area contributed by atoms with Crippen molar-refractivity contribution in [2.24, 2.45) is 5.92 Å². The summed E-state index contributed by atoms with van der Waals surface area (Å²) in [4.78, 5) is 14.4. The van der Waals surface area contributed by atoms with Gasteiger partial charge in [-0.15, -0.1) is 11.3 Å². The molecule has 0 saturated carbocycles. The highest BCUT2D eigenvalue weighted by molar-refractivity contribution is 7.14. The molecule has 1 fully saturated rings. The molecular formula is C14H20O2S. The zero-order valence-corrected chi connectivity index (χ0v) is 11.8. The highest BCUT2D eigenvalue weighted by atomic mass is 32.1. The Labute approximate surface area is 107 Å². The van der Waals surface area contributed by atoms with Crippen molar-refractivity contribution in [3.05, 3.63) is 21.9 Å². The molecule has 17 heavy (non-hydrogen) atoms. The van der Waals surface area contributed by atoms with E-state index in [1.165, 1.54) is 4.88 Å². The van der Waals surface area contributed by atoms with Gasteiger partial charge in [0, 0.05) is 11.5 Å². The molecular weight excluding hydrogens is 232 g/mol. The van der Waals surface area contributed by atoms with Crippen LogP contribution in [-0.2, 0) is 10.2 Å². The normalized spacial score (nSPS) is 25.2.